The van der Waals surface area contributed by atoms with Gasteiger partial charge < -0.3 is 5.11 Å². The standard InChI is InChI=1S/C15H11N3O/c19-14-8-7-11-4-1-2-6-13(11)15(14)18-17-12-5-3-9-16-10-12/h1-10,19H/b18-17+. The van der Waals surface area contributed by atoms with Gasteiger partial charge in [-0.1, -0.05) is 30.3 Å². The van der Waals surface area contributed by atoms with Gasteiger partial charge in [-0.05, 0) is 23.6 Å². The maximum Gasteiger partial charge on any atom is 0.143 e. The highest BCUT2D eigenvalue weighted by molar-refractivity contribution is 5.95. The smallest absolute Gasteiger partial charge is 0.143 e. The number of benzene rings is 2. The number of hydrogen-bond donors (Lipinski definition) is 1. The zero-order chi connectivity index (χ0) is 13.1. The third-order valence-electron chi connectivity index (χ3n) is 2.79. The van der Waals surface area contributed by atoms with Gasteiger partial charge in [-0.25, -0.2) is 0 Å². The Hall–Kier alpha value is -2.75. The molecule has 3 rings (SSSR count). The minimum Gasteiger partial charge on any atom is -0.506 e. The number of aromatic nitrogens is 1. The summed E-state index contributed by atoms with van der Waals surface area (Å²) in [5.41, 5.74) is 1.12. The zero-order valence-electron chi connectivity index (χ0n) is 10.1. The fourth-order valence-electron chi connectivity index (χ4n) is 1.87. The van der Waals surface area contributed by atoms with Gasteiger partial charge in [0, 0.05) is 11.6 Å². The average molecular weight is 249 g/mol. The molecule has 0 unspecified atom stereocenters. The van der Waals surface area contributed by atoms with E-state index in [-0.39, 0.29) is 5.75 Å². The number of phenolic OH excluding ortho intramolecular Hbond substituents is 1. The maximum atomic E-state index is 9.92. The molecule has 1 heterocycles. The molecule has 0 saturated carbocycles. The fraction of sp³-hybridized carbons (Fsp3) is 0. The van der Waals surface area contributed by atoms with Crippen LogP contribution < -0.4 is 0 Å². The zero-order valence-corrected chi connectivity index (χ0v) is 10.1. The van der Waals surface area contributed by atoms with E-state index in [1.54, 1.807) is 30.6 Å². The molecule has 1 N–H and O–H groups in total. The number of fused-ring (bicyclic) bond motifs is 1. The Morgan fingerprint density at radius 1 is 0.895 bits per heavy atom. The van der Waals surface area contributed by atoms with Gasteiger partial charge in [0.1, 0.15) is 17.1 Å². The summed E-state index contributed by atoms with van der Waals surface area (Å²) in [6.07, 6.45) is 3.29. The van der Waals surface area contributed by atoms with Crippen LogP contribution in [0.15, 0.2) is 71.2 Å². The van der Waals surface area contributed by atoms with Gasteiger partial charge >= 0.3 is 0 Å². The predicted molar refractivity (Wildman–Crippen MR) is 74.0 cm³/mol. The summed E-state index contributed by atoms with van der Waals surface area (Å²) in [7, 11) is 0. The molecule has 0 bridgehead atoms. The molecule has 0 radical (unpaired) electrons. The van der Waals surface area contributed by atoms with Crippen LogP contribution in [0.4, 0.5) is 11.4 Å². The number of rotatable bonds is 2. The molecule has 92 valence electrons. The Morgan fingerprint density at radius 3 is 2.63 bits per heavy atom. The second kappa shape index (κ2) is 4.86. The van der Waals surface area contributed by atoms with Crippen LogP contribution >= 0.6 is 0 Å². The van der Waals surface area contributed by atoms with E-state index in [1.807, 2.05) is 30.3 Å². The first-order valence-corrected chi connectivity index (χ1v) is 5.87. The second-order valence-electron chi connectivity index (χ2n) is 4.07. The lowest BCUT2D eigenvalue weighted by Gasteiger charge is -2.03. The van der Waals surface area contributed by atoms with E-state index in [1.165, 1.54) is 0 Å². The SMILES string of the molecule is Oc1ccc2ccccc2c1/N=N/c1cccnc1. The molecule has 4 heteroatoms. The Balaban J connectivity index is 2.10. The van der Waals surface area contributed by atoms with Gasteiger partial charge in [0.05, 0.1) is 6.20 Å². The molecule has 0 saturated heterocycles. The van der Waals surface area contributed by atoms with Crippen molar-refractivity contribution in [1.82, 2.24) is 4.98 Å². The Labute approximate surface area is 110 Å². The van der Waals surface area contributed by atoms with E-state index >= 15 is 0 Å². The van der Waals surface area contributed by atoms with Crippen LogP contribution in [0.3, 0.4) is 0 Å². The van der Waals surface area contributed by atoms with E-state index in [4.69, 9.17) is 0 Å². The van der Waals surface area contributed by atoms with Crippen LogP contribution in [0.1, 0.15) is 0 Å². The highest BCUT2D eigenvalue weighted by Crippen LogP contribution is 2.35. The van der Waals surface area contributed by atoms with Crippen molar-refractivity contribution < 1.29 is 5.11 Å². The Bertz CT molecular complexity index is 739. The molecular weight excluding hydrogens is 238 g/mol. The lowest BCUT2D eigenvalue weighted by molar-refractivity contribution is 0.477. The fourth-order valence-corrected chi connectivity index (χ4v) is 1.87. The molecule has 0 aliphatic heterocycles. The maximum absolute atomic E-state index is 9.92. The number of hydrogen-bond acceptors (Lipinski definition) is 4. The molecule has 3 aromatic rings. The van der Waals surface area contributed by atoms with Crippen molar-refractivity contribution in [2.24, 2.45) is 10.2 Å². The normalized spacial score (nSPS) is 11.2. The monoisotopic (exact) mass is 249 g/mol. The molecule has 0 aliphatic carbocycles. The summed E-state index contributed by atoms with van der Waals surface area (Å²) in [5.74, 6) is 0.117. The Morgan fingerprint density at radius 2 is 1.79 bits per heavy atom. The lowest BCUT2D eigenvalue weighted by Crippen LogP contribution is -1.74. The van der Waals surface area contributed by atoms with E-state index in [2.05, 4.69) is 15.2 Å². The van der Waals surface area contributed by atoms with E-state index in [0.29, 0.717) is 11.4 Å². The van der Waals surface area contributed by atoms with Gasteiger partial charge in [0.15, 0.2) is 0 Å². The summed E-state index contributed by atoms with van der Waals surface area (Å²) in [6.45, 7) is 0. The molecule has 0 fully saturated rings. The van der Waals surface area contributed by atoms with E-state index in [9.17, 15) is 5.11 Å². The quantitative estimate of drug-likeness (QED) is 0.686. The molecule has 0 atom stereocenters. The van der Waals surface area contributed by atoms with Crippen LogP contribution in [0, 0.1) is 0 Å². The van der Waals surface area contributed by atoms with Crippen molar-refractivity contribution in [2.75, 3.05) is 0 Å². The first-order valence-electron chi connectivity index (χ1n) is 5.87. The van der Waals surface area contributed by atoms with E-state index in [0.717, 1.165) is 10.8 Å². The third kappa shape index (κ3) is 2.28. The van der Waals surface area contributed by atoms with Gasteiger partial charge in [-0.15, -0.1) is 10.2 Å². The molecule has 19 heavy (non-hydrogen) atoms. The molecule has 2 aromatic carbocycles. The van der Waals surface area contributed by atoms with Crippen molar-refractivity contribution in [3.63, 3.8) is 0 Å². The van der Waals surface area contributed by atoms with Gasteiger partial charge in [0.2, 0.25) is 0 Å². The molecule has 4 nitrogen and oxygen atoms in total. The largest absolute Gasteiger partial charge is 0.506 e. The summed E-state index contributed by atoms with van der Waals surface area (Å²) in [6, 6.07) is 14.8. The van der Waals surface area contributed by atoms with Crippen molar-refractivity contribution in [3.05, 3.63) is 60.9 Å². The summed E-state index contributed by atoms with van der Waals surface area (Å²) in [4.78, 5) is 3.97. The van der Waals surface area contributed by atoms with Crippen molar-refractivity contribution >= 4 is 22.1 Å². The molecule has 0 spiro atoms. The average Bonchev–Trinajstić information content (AvgIpc) is 2.47. The first kappa shape index (κ1) is 11.3. The first-order chi connectivity index (χ1) is 9.34. The summed E-state index contributed by atoms with van der Waals surface area (Å²) >= 11 is 0. The van der Waals surface area contributed by atoms with Crippen LogP contribution in [-0.4, -0.2) is 10.1 Å². The third-order valence-corrected chi connectivity index (χ3v) is 2.79. The minimum absolute atomic E-state index is 0.117. The number of azo groups is 1. The van der Waals surface area contributed by atoms with Gasteiger partial charge in [-0.3, -0.25) is 4.98 Å². The van der Waals surface area contributed by atoms with Crippen molar-refractivity contribution in [2.45, 2.75) is 0 Å². The highest BCUT2D eigenvalue weighted by Gasteiger charge is 2.05. The number of phenols is 1. The van der Waals surface area contributed by atoms with Crippen LogP contribution in [0.5, 0.6) is 5.75 Å². The number of nitrogens with zero attached hydrogens (tertiary/aromatic N) is 3. The molecule has 1 aromatic heterocycles. The van der Waals surface area contributed by atoms with Crippen LogP contribution in [-0.2, 0) is 0 Å². The molecule has 0 amide bonds. The van der Waals surface area contributed by atoms with Gasteiger partial charge in [0.25, 0.3) is 0 Å². The van der Waals surface area contributed by atoms with Crippen molar-refractivity contribution in [3.8, 4) is 5.75 Å². The van der Waals surface area contributed by atoms with E-state index < -0.39 is 0 Å². The number of pyridine rings is 1. The minimum atomic E-state index is 0.117. The molecular formula is C15H11N3O. The van der Waals surface area contributed by atoms with Crippen LogP contribution in [0.2, 0.25) is 0 Å². The highest BCUT2D eigenvalue weighted by atomic mass is 16.3. The van der Waals surface area contributed by atoms with Crippen LogP contribution in [0.25, 0.3) is 10.8 Å². The predicted octanol–water partition coefficient (Wildman–Crippen LogP) is 4.36. The summed E-state index contributed by atoms with van der Waals surface area (Å²) < 4.78 is 0. The van der Waals surface area contributed by atoms with Gasteiger partial charge in [-0.2, -0.15) is 0 Å². The number of aromatic hydroxyl groups is 1. The topological polar surface area (TPSA) is 57.8 Å². The van der Waals surface area contributed by atoms with Crippen molar-refractivity contribution in [1.29, 1.82) is 0 Å². The second-order valence-corrected chi connectivity index (χ2v) is 4.07. The lowest BCUT2D eigenvalue weighted by atomic mass is 10.1. The Kier molecular flexibility index (Phi) is 2.90. The summed E-state index contributed by atoms with van der Waals surface area (Å²) in [5, 5.41) is 20.0. The molecule has 0 aliphatic rings.